The van der Waals surface area contributed by atoms with Gasteiger partial charge in [0.05, 0.1) is 7.11 Å². The van der Waals surface area contributed by atoms with Crippen molar-refractivity contribution >= 4 is 17.7 Å². The van der Waals surface area contributed by atoms with Gasteiger partial charge in [-0.15, -0.1) is 5.10 Å². The van der Waals surface area contributed by atoms with Gasteiger partial charge in [-0.3, -0.25) is 0 Å². The van der Waals surface area contributed by atoms with Gasteiger partial charge in [-0.1, -0.05) is 23.9 Å². The van der Waals surface area contributed by atoms with Crippen molar-refractivity contribution in [2.75, 3.05) is 18.7 Å². The minimum atomic E-state index is 0.0607. The Kier molecular flexibility index (Phi) is 3.40. The summed E-state index contributed by atoms with van der Waals surface area (Å²) in [7, 11) is 1.67. The molecular weight excluding hydrogens is 272 g/mol. The monoisotopic (exact) mass is 288 g/mol. The van der Waals surface area contributed by atoms with E-state index in [0.29, 0.717) is 0 Å². The highest BCUT2D eigenvalue weighted by Crippen LogP contribution is 2.30. The molecule has 2 heterocycles. The quantitative estimate of drug-likeness (QED) is 0.880. The number of allylic oxidation sites excluding steroid dienone is 2. The summed E-state index contributed by atoms with van der Waals surface area (Å²) < 4.78 is 7.12. The third-order valence-corrected chi connectivity index (χ3v) is 3.77. The van der Waals surface area contributed by atoms with Crippen LogP contribution in [-0.4, -0.2) is 28.1 Å². The Balaban J connectivity index is 2.02. The van der Waals surface area contributed by atoms with Crippen molar-refractivity contribution in [1.82, 2.24) is 14.8 Å². The summed E-state index contributed by atoms with van der Waals surface area (Å²) in [5.74, 6) is 1.64. The first kappa shape index (κ1) is 13.1. The molecule has 20 heavy (non-hydrogen) atoms. The van der Waals surface area contributed by atoms with Crippen molar-refractivity contribution in [2.45, 2.75) is 18.1 Å². The van der Waals surface area contributed by atoms with Gasteiger partial charge in [0.1, 0.15) is 11.8 Å². The molecule has 0 spiro atoms. The van der Waals surface area contributed by atoms with Gasteiger partial charge < -0.3 is 10.1 Å². The fourth-order valence-electron chi connectivity index (χ4n) is 2.23. The second kappa shape index (κ2) is 5.20. The van der Waals surface area contributed by atoms with E-state index in [1.807, 2.05) is 30.0 Å². The first-order chi connectivity index (χ1) is 9.71. The molecule has 3 rings (SSSR count). The molecule has 1 aromatic carbocycles. The third-order valence-electron chi connectivity index (χ3n) is 3.23. The maximum Gasteiger partial charge on any atom is 0.227 e. The molecule has 1 N–H and O–H groups in total. The summed E-state index contributed by atoms with van der Waals surface area (Å²) in [6.07, 6.45) is 4.12. The molecule has 0 amide bonds. The lowest BCUT2D eigenvalue weighted by Crippen LogP contribution is -2.19. The normalized spacial score (nSPS) is 17.1. The van der Waals surface area contributed by atoms with Gasteiger partial charge in [-0.25, -0.2) is 4.68 Å². The molecule has 1 atom stereocenters. The van der Waals surface area contributed by atoms with Gasteiger partial charge in [0.15, 0.2) is 0 Å². The molecule has 2 aromatic rings. The van der Waals surface area contributed by atoms with E-state index in [1.54, 1.807) is 18.9 Å². The van der Waals surface area contributed by atoms with Crippen LogP contribution in [-0.2, 0) is 0 Å². The zero-order valence-electron chi connectivity index (χ0n) is 11.6. The van der Waals surface area contributed by atoms with Crippen molar-refractivity contribution in [2.24, 2.45) is 0 Å². The summed E-state index contributed by atoms with van der Waals surface area (Å²) in [4.78, 5) is 4.47. The summed E-state index contributed by atoms with van der Waals surface area (Å²) in [6, 6.07) is 8.11. The number of hydrogen-bond donors (Lipinski definition) is 1. The Morgan fingerprint density at radius 2 is 2.05 bits per heavy atom. The molecule has 6 heteroatoms. The fraction of sp³-hybridized carbons (Fsp3) is 0.286. The Morgan fingerprint density at radius 3 is 2.70 bits per heavy atom. The second-order valence-electron chi connectivity index (χ2n) is 4.56. The highest BCUT2D eigenvalue weighted by Gasteiger charge is 2.23. The molecule has 0 bridgehead atoms. The number of methoxy groups -OCH3 is 1. The van der Waals surface area contributed by atoms with E-state index in [2.05, 4.69) is 33.6 Å². The number of anilines is 1. The number of ether oxygens (including phenoxy) is 1. The van der Waals surface area contributed by atoms with Crippen LogP contribution in [0.5, 0.6) is 5.75 Å². The van der Waals surface area contributed by atoms with Gasteiger partial charge in [-0.05, 0) is 37.0 Å². The van der Waals surface area contributed by atoms with Crippen LogP contribution in [0.15, 0.2) is 41.2 Å². The average Bonchev–Trinajstić information content (AvgIpc) is 2.89. The van der Waals surface area contributed by atoms with Gasteiger partial charge in [-0.2, -0.15) is 4.98 Å². The lowest BCUT2D eigenvalue weighted by molar-refractivity contribution is 0.414. The smallest absolute Gasteiger partial charge is 0.227 e. The van der Waals surface area contributed by atoms with Crippen molar-refractivity contribution in [1.29, 1.82) is 0 Å². The molecule has 104 valence electrons. The summed E-state index contributed by atoms with van der Waals surface area (Å²) in [5, 5.41) is 8.56. The molecule has 0 fully saturated rings. The predicted octanol–water partition coefficient (Wildman–Crippen LogP) is 2.93. The van der Waals surface area contributed by atoms with Crippen LogP contribution in [0.1, 0.15) is 18.5 Å². The zero-order valence-corrected chi connectivity index (χ0v) is 12.4. The van der Waals surface area contributed by atoms with E-state index in [0.717, 1.165) is 28.1 Å². The Labute approximate surface area is 122 Å². The van der Waals surface area contributed by atoms with Crippen LogP contribution in [0.4, 0.5) is 5.95 Å². The summed E-state index contributed by atoms with van der Waals surface area (Å²) in [5.41, 5.74) is 2.24. The van der Waals surface area contributed by atoms with E-state index < -0.39 is 0 Å². The molecule has 0 unspecified atom stereocenters. The number of benzene rings is 1. The lowest BCUT2D eigenvalue weighted by Gasteiger charge is -2.22. The standard InChI is InChI=1S/C14H16N4OS/c1-9-8-12(10-4-6-11(19-2)7-5-10)18-13(15-9)16-14(17-18)20-3/h4-8,12H,1-3H3,(H,15,16,17)/t12-/m0/s1. The summed E-state index contributed by atoms with van der Waals surface area (Å²) in [6.45, 7) is 2.04. The fourth-order valence-corrected chi connectivity index (χ4v) is 2.58. The first-order valence-corrected chi connectivity index (χ1v) is 7.53. The largest absolute Gasteiger partial charge is 0.497 e. The van der Waals surface area contributed by atoms with Crippen LogP contribution >= 0.6 is 11.8 Å². The second-order valence-corrected chi connectivity index (χ2v) is 5.33. The van der Waals surface area contributed by atoms with Crippen molar-refractivity contribution in [3.8, 4) is 5.75 Å². The number of thioether (sulfide) groups is 1. The van der Waals surface area contributed by atoms with Crippen molar-refractivity contribution < 1.29 is 4.74 Å². The number of nitrogens with one attached hydrogen (secondary N) is 1. The first-order valence-electron chi connectivity index (χ1n) is 6.31. The highest BCUT2D eigenvalue weighted by atomic mass is 32.2. The zero-order chi connectivity index (χ0) is 14.1. The van der Waals surface area contributed by atoms with Crippen LogP contribution < -0.4 is 10.1 Å². The van der Waals surface area contributed by atoms with Gasteiger partial charge >= 0.3 is 0 Å². The van der Waals surface area contributed by atoms with Crippen LogP contribution in [0.25, 0.3) is 0 Å². The molecule has 1 aromatic heterocycles. The molecule has 0 saturated heterocycles. The third kappa shape index (κ3) is 2.27. The van der Waals surface area contributed by atoms with Gasteiger partial charge in [0.25, 0.3) is 0 Å². The topological polar surface area (TPSA) is 52.0 Å². The molecule has 0 aliphatic carbocycles. The number of aromatic nitrogens is 3. The van der Waals surface area contributed by atoms with Gasteiger partial charge in [0.2, 0.25) is 11.1 Å². The van der Waals surface area contributed by atoms with Crippen LogP contribution in [0.2, 0.25) is 0 Å². The molecule has 0 saturated carbocycles. The predicted molar refractivity (Wildman–Crippen MR) is 80.3 cm³/mol. The average molecular weight is 288 g/mol. The van der Waals surface area contributed by atoms with E-state index in [4.69, 9.17) is 4.74 Å². The molecular formula is C14H16N4OS. The minimum absolute atomic E-state index is 0.0607. The molecule has 0 radical (unpaired) electrons. The Hall–Kier alpha value is -1.95. The highest BCUT2D eigenvalue weighted by molar-refractivity contribution is 7.98. The molecule has 1 aliphatic rings. The van der Waals surface area contributed by atoms with E-state index >= 15 is 0 Å². The van der Waals surface area contributed by atoms with E-state index in [9.17, 15) is 0 Å². The Morgan fingerprint density at radius 1 is 1.30 bits per heavy atom. The number of rotatable bonds is 3. The van der Waals surface area contributed by atoms with E-state index in [-0.39, 0.29) is 6.04 Å². The maximum absolute atomic E-state index is 5.20. The minimum Gasteiger partial charge on any atom is -0.497 e. The van der Waals surface area contributed by atoms with E-state index in [1.165, 1.54) is 0 Å². The van der Waals surface area contributed by atoms with Crippen molar-refractivity contribution in [3.05, 3.63) is 41.6 Å². The molecule has 1 aliphatic heterocycles. The van der Waals surface area contributed by atoms with Crippen LogP contribution in [0, 0.1) is 0 Å². The SMILES string of the molecule is COc1ccc([C@@H]2C=C(C)Nc3nc(SC)nn32)cc1. The number of hydrogen-bond acceptors (Lipinski definition) is 5. The summed E-state index contributed by atoms with van der Waals surface area (Å²) >= 11 is 1.54. The van der Waals surface area contributed by atoms with Crippen LogP contribution in [0.3, 0.4) is 0 Å². The lowest BCUT2D eigenvalue weighted by atomic mass is 10.0. The van der Waals surface area contributed by atoms with Gasteiger partial charge in [0, 0.05) is 5.70 Å². The number of fused-ring (bicyclic) bond motifs is 1. The van der Waals surface area contributed by atoms with Crippen molar-refractivity contribution in [3.63, 3.8) is 0 Å². The molecule has 5 nitrogen and oxygen atoms in total. The Bertz CT molecular complexity index is 648. The maximum atomic E-state index is 5.20. The number of nitrogens with zero attached hydrogens (tertiary/aromatic N) is 3.